The number of hydrogen-bond acceptors (Lipinski definition) is 2. The van der Waals surface area contributed by atoms with Crippen LogP contribution in [0.2, 0.25) is 0 Å². The molecule has 0 spiro atoms. The third-order valence-electron chi connectivity index (χ3n) is 2.96. The van der Waals surface area contributed by atoms with Crippen LogP contribution in [0.25, 0.3) is 0 Å². The summed E-state index contributed by atoms with van der Waals surface area (Å²) in [6.45, 7) is 3.74. The summed E-state index contributed by atoms with van der Waals surface area (Å²) in [5.41, 5.74) is 2.06. The molecule has 1 N–H and O–H groups in total. The molecule has 3 nitrogen and oxygen atoms in total. The van der Waals surface area contributed by atoms with Crippen LogP contribution in [-0.2, 0) is 10.0 Å². The van der Waals surface area contributed by atoms with E-state index in [1.165, 1.54) is 18.2 Å². The maximum atomic E-state index is 13.2. The van der Waals surface area contributed by atoms with Gasteiger partial charge in [-0.15, -0.1) is 0 Å². The summed E-state index contributed by atoms with van der Waals surface area (Å²) in [7, 11) is -3.74. The number of aryl methyl sites for hydroxylation is 2. The first-order chi connectivity index (χ1) is 9.29. The first-order valence-electron chi connectivity index (χ1n) is 5.85. The number of hydrogen-bond donors (Lipinski definition) is 1. The largest absolute Gasteiger partial charge is 0.278 e. The van der Waals surface area contributed by atoms with E-state index >= 15 is 0 Å². The molecule has 2 aromatic carbocycles. The van der Waals surface area contributed by atoms with E-state index in [1.807, 2.05) is 13.8 Å². The molecular formula is C14H13BrFNO2S. The number of rotatable bonds is 3. The van der Waals surface area contributed by atoms with Crippen molar-refractivity contribution in [1.29, 1.82) is 0 Å². The van der Waals surface area contributed by atoms with Crippen molar-refractivity contribution < 1.29 is 12.8 Å². The fourth-order valence-electron chi connectivity index (χ4n) is 1.66. The van der Waals surface area contributed by atoms with Crippen LogP contribution in [0.3, 0.4) is 0 Å². The van der Waals surface area contributed by atoms with Gasteiger partial charge in [0.05, 0.1) is 10.6 Å². The van der Waals surface area contributed by atoms with Gasteiger partial charge in [0.25, 0.3) is 10.0 Å². The maximum absolute atomic E-state index is 13.2. The third kappa shape index (κ3) is 3.19. The molecule has 0 aliphatic carbocycles. The molecule has 6 heteroatoms. The van der Waals surface area contributed by atoms with E-state index in [1.54, 1.807) is 12.1 Å². The Kier molecular flexibility index (Phi) is 4.15. The van der Waals surface area contributed by atoms with Gasteiger partial charge in [-0.2, -0.15) is 0 Å². The fourth-order valence-corrected chi connectivity index (χ4v) is 3.29. The molecule has 0 aromatic heterocycles. The van der Waals surface area contributed by atoms with Crippen molar-refractivity contribution in [3.8, 4) is 0 Å². The smallest absolute Gasteiger partial charge is 0.261 e. The molecule has 0 saturated heterocycles. The van der Waals surface area contributed by atoms with Crippen LogP contribution in [0, 0.1) is 19.7 Å². The van der Waals surface area contributed by atoms with Gasteiger partial charge in [-0.05, 0) is 71.2 Å². The molecule has 0 unspecified atom stereocenters. The topological polar surface area (TPSA) is 46.2 Å². The molecule has 0 fully saturated rings. The molecule has 20 heavy (non-hydrogen) atoms. The van der Waals surface area contributed by atoms with Crippen LogP contribution < -0.4 is 4.72 Å². The zero-order valence-electron chi connectivity index (χ0n) is 10.9. The lowest BCUT2D eigenvalue weighted by Crippen LogP contribution is -2.13. The Morgan fingerprint density at radius 3 is 2.40 bits per heavy atom. The van der Waals surface area contributed by atoms with E-state index in [0.717, 1.165) is 17.2 Å². The molecule has 0 aliphatic rings. The molecule has 0 atom stereocenters. The first-order valence-corrected chi connectivity index (χ1v) is 8.12. The highest BCUT2D eigenvalue weighted by Crippen LogP contribution is 2.26. The minimum absolute atomic E-state index is 0.150. The summed E-state index contributed by atoms with van der Waals surface area (Å²) in [5.74, 6) is -0.508. The predicted octanol–water partition coefficient (Wildman–Crippen LogP) is 4.01. The number of benzene rings is 2. The molecule has 0 aliphatic heterocycles. The number of anilines is 1. The highest BCUT2D eigenvalue weighted by molar-refractivity contribution is 9.10. The fraction of sp³-hybridized carbons (Fsp3) is 0.143. The van der Waals surface area contributed by atoms with Gasteiger partial charge in [0.1, 0.15) is 5.82 Å². The quantitative estimate of drug-likeness (QED) is 0.901. The van der Waals surface area contributed by atoms with Crippen molar-refractivity contribution in [2.75, 3.05) is 4.72 Å². The highest BCUT2D eigenvalue weighted by atomic mass is 79.9. The summed E-state index contributed by atoms with van der Waals surface area (Å²) < 4.78 is 40.6. The molecule has 0 bridgehead atoms. The second-order valence-electron chi connectivity index (χ2n) is 4.48. The van der Waals surface area contributed by atoms with Gasteiger partial charge in [-0.3, -0.25) is 4.72 Å². The molecule has 2 rings (SSSR count). The average molecular weight is 358 g/mol. The molecule has 0 saturated carbocycles. The Bertz CT molecular complexity index is 760. The Labute approximate surface area is 126 Å². The molecule has 0 heterocycles. The van der Waals surface area contributed by atoms with E-state index in [-0.39, 0.29) is 10.6 Å². The van der Waals surface area contributed by atoms with E-state index in [0.29, 0.717) is 4.47 Å². The van der Waals surface area contributed by atoms with E-state index in [9.17, 15) is 12.8 Å². The predicted molar refractivity (Wildman–Crippen MR) is 80.8 cm³/mol. The molecule has 0 amide bonds. The summed E-state index contributed by atoms with van der Waals surface area (Å²) in [6.07, 6.45) is 0. The van der Waals surface area contributed by atoms with E-state index in [4.69, 9.17) is 0 Å². The lowest BCUT2D eigenvalue weighted by atomic mass is 10.1. The van der Waals surface area contributed by atoms with Gasteiger partial charge >= 0.3 is 0 Å². The second kappa shape index (κ2) is 5.54. The van der Waals surface area contributed by atoms with Crippen molar-refractivity contribution in [2.24, 2.45) is 0 Å². The first kappa shape index (κ1) is 15.0. The van der Waals surface area contributed by atoms with Gasteiger partial charge in [0.2, 0.25) is 0 Å². The monoisotopic (exact) mass is 357 g/mol. The summed E-state index contributed by atoms with van der Waals surface area (Å²) in [5, 5.41) is 0. The van der Waals surface area contributed by atoms with Gasteiger partial charge in [0.15, 0.2) is 0 Å². The van der Waals surface area contributed by atoms with Crippen LogP contribution in [0.5, 0.6) is 0 Å². The SMILES string of the molecule is Cc1ccc(S(=O)(=O)Nc2cc(F)ccc2Br)cc1C. The van der Waals surface area contributed by atoms with Gasteiger partial charge in [0, 0.05) is 4.47 Å². The highest BCUT2D eigenvalue weighted by Gasteiger charge is 2.16. The average Bonchev–Trinajstić information content (AvgIpc) is 2.36. The van der Waals surface area contributed by atoms with Crippen molar-refractivity contribution in [3.05, 3.63) is 57.8 Å². The van der Waals surface area contributed by atoms with Gasteiger partial charge < -0.3 is 0 Å². The minimum atomic E-state index is -3.74. The lowest BCUT2D eigenvalue weighted by molar-refractivity contribution is 0.601. The molecule has 0 radical (unpaired) electrons. The van der Waals surface area contributed by atoms with Crippen molar-refractivity contribution in [1.82, 2.24) is 0 Å². The number of sulfonamides is 1. The van der Waals surface area contributed by atoms with Crippen LogP contribution in [-0.4, -0.2) is 8.42 Å². The zero-order chi connectivity index (χ0) is 14.9. The standard InChI is InChI=1S/C14H13BrFNO2S/c1-9-3-5-12(7-10(9)2)20(18,19)17-14-8-11(16)4-6-13(14)15/h3-8,17H,1-2H3. The van der Waals surface area contributed by atoms with Crippen LogP contribution in [0.15, 0.2) is 45.8 Å². The molecular weight excluding hydrogens is 345 g/mol. The Balaban J connectivity index is 2.40. The van der Waals surface area contributed by atoms with Crippen LogP contribution in [0.1, 0.15) is 11.1 Å². The number of halogens is 2. The Morgan fingerprint density at radius 2 is 1.75 bits per heavy atom. The van der Waals surface area contributed by atoms with Crippen LogP contribution in [0.4, 0.5) is 10.1 Å². The lowest BCUT2D eigenvalue weighted by Gasteiger charge is -2.11. The molecule has 2 aromatic rings. The Hall–Kier alpha value is -1.40. The minimum Gasteiger partial charge on any atom is -0.278 e. The van der Waals surface area contributed by atoms with Gasteiger partial charge in [-0.25, -0.2) is 12.8 Å². The summed E-state index contributed by atoms with van der Waals surface area (Å²) in [6, 6.07) is 8.68. The van der Waals surface area contributed by atoms with Crippen molar-refractivity contribution in [2.45, 2.75) is 18.7 Å². The maximum Gasteiger partial charge on any atom is 0.261 e. The van der Waals surface area contributed by atoms with Crippen LogP contribution >= 0.6 is 15.9 Å². The van der Waals surface area contributed by atoms with Gasteiger partial charge in [-0.1, -0.05) is 6.07 Å². The van der Waals surface area contributed by atoms with E-state index < -0.39 is 15.8 Å². The normalized spacial score (nSPS) is 11.4. The second-order valence-corrected chi connectivity index (χ2v) is 7.01. The zero-order valence-corrected chi connectivity index (χ0v) is 13.3. The Morgan fingerprint density at radius 1 is 1.05 bits per heavy atom. The summed E-state index contributed by atoms with van der Waals surface area (Å²) in [4.78, 5) is 0.150. The third-order valence-corrected chi connectivity index (χ3v) is 5.02. The van der Waals surface area contributed by atoms with E-state index in [2.05, 4.69) is 20.7 Å². The number of nitrogens with one attached hydrogen (secondary N) is 1. The van der Waals surface area contributed by atoms with Crippen molar-refractivity contribution >= 4 is 31.6 Å². The molecule has 106 valence electrons. The summed E-state index contributed by atoms with van der Waals surface area (Å²) >= 11 is 3.19. The van der Waals surface area contributed by atoms with Crippen molar-refractivity contribution in [3.63, 3.8) is 0 Å².